The average molecular weight is 197 g/mol. The van der Waals surface area contributed by atoms with Crippen LogP contribution in [0.25, 0.3) is 0 Å². The molecular formula is C11H19NO2. The number of carbonyl (C=O) groups is 1. The summed E-state index contributed by atoms with van der Waals surface area (Å²) in [4.78, 5) is 13.0. The first-order valence-electron chi connectivity index (χ1n) is 5.28. The molecule has 1 N–H and O–H groups in total. The molecule has 1 atom stereocenters. The van der Waals surface area contributed by atoms with Gasteiger partial charge in [-0.05, 0) is 25.8 Å². The van der Waals surface area contributed by atoms with Gasteiger partial charge in [0, 0.05) is 6.54 Å². The van der Waals surface area contributed by atoms with Crippen molar-refractivity contribution in [3.05, 3.63) is 12.2 Å². The molecule has 0 aromatic heterocycles. The summed E-state index contributed by atoms with van der Waals surface area (Å²) in [5, 5.41) is 9.02. The van der Waals surface area contributed by atoms with Crippen LogP contribution in [0.15, 0.2) is 12.2 Å². The van der Waals surface area contributed by atoms with Gasteiger partial charge in [-0.1, -0.05) is 25.5 Å². The van der Waals surface area contributed by atoms with Crippen molar-refractivity contribution in [2.45, 2.75) is 38.6 Å². The third-order valence-electron chi connectivity index (χ3n) is 2.83. The first-order chi connectivity index (χ1) is 6.65. The standard InChI is InChI=1S/C11H19NO2/c1-3-9(2)8-12-7-5-4-6-10(12)11(13)14/h10H,2-8H2,1H3,(H,13,14). The van der Waals surface area contributed by atoms with E-state index < -0.39 is 5.97 Å². The molecule has 0 bridgehead atoms. The Hall–Kier alpha value is -0.830. The van der Waals surface area contributed by atoms with Crippen molar-refractivity contribution in [3.8, 4) is 0 Å². The Balaban J connectivity index is 2.54. The third kappa shape index (κ3) is 2.84. The fourth-order valence-corrected chi connectivity index (χ4v) is 1.86. The molecule has 80 valence electrons. The first-order valence-corrected chi connectivity index (χ1v) is 5.28. The summed E-state index contributed by atoms with van der Waals surface area (Å²) in [7, 11) is 0. The van der Waals surface area contributed by atoms with Gasteiger partial charge in [-0.15, -0.1) is 0 Å². The van der Waals surface area contributed by atoms with Crippen LogP contribution in [0, 0.1) is 0 Å². The SMILES string of the molecule is C=C(CC)CN1CCCCC1C(=O)O. The van der Waals surface area contributed by atoms with Crippen molar-refractivity contribution < 1.29 is 9.90 Å². The lowest BCUT2D eigenvalue weighted by Crippen LogP contribution is -2.45. The second-order valence-corrected chi connectivity index (χ2v) is 3.92. The number of carboxylic acid groups (broad SMARTS) is 1. The van der Waals surface area contributed by atoms with Crippen LogP contribution in [-0.2, 0) is 4.79 Å². The van der Waals surface area contributed by atoms with E-state index >= 15 is 0 Å². The van der Waals surface area contributed by atoms with Gasteiger partial charge in [0.2, 0.25) is 0 Å². The van der Waals surface area contributed by atoms with E-state index in [4.69, 9.17) is 5.11 Å². The minimum Gasteiger partial charge on any atom is -0.480 e. The lowest BCUT2D eigenvalue weighted by molar-refractivity contribution is -0.144. The smallest absolute Gasteiger partial charge is 0.320 e. The van der Waals surface area contributed by atoms with E-state index in [1.54, 1.807) is 0 Å². The van der Waals surface area contributed by atoms with Crippen molar-refractivity contribution in [2.75, 3.05) is 13.1 Å². The van der Waals surface area contributed by atoms with Crippen LogP contribution >= 0.6 is 0 Å². The lowest BCUT2D eigenvalue weighted by atomic mass is 10.0. The van der Waals surface area contributed by atoms with Crippen LogP contribution in [-0.4, -0.2) is 35.1 Å². The van der Waals surface area contributed by atoms with E-state index in [1.807, 2.05) is 4.90 Å². The maximum Gasteiger partial charge on any atom is 0.320 e. The number of nitrogens with zero attached hydrogens (tertiary/aromatic N) is 1. The highest BCUT2D eigenvalue weighted by Gasteiger charge is 2.27. The monoisotopic (exact) mass is 197 g/mol. The van der Waals surface area contributed by atoms with Gasteiger partial charge in [0.25, 0.3) is 0 Å². The molecule has 1 aliphatic rings. The highest BCUT2D eigenvalue weighted by molar-refractivity contribution is 5.73. The average Bonchev–Trinajstić information content (AvgIpc) is 2.18. The van der Waals surface area contributed by atoms with E-state index in [1.165, 1.54) is 0 Å². The topological polar surface area (TPSA) is 40.5 Å². The molecule has 1 heterocycles. The van der Waals surface area contributed by atoms with E-state index in [0.717, 1.165) is 44.3 Å². The highest BCUT2D eigenvalue weighted by Crippen LogP contribution is 2.18. The van der Waals surface area contributed by atoms with E-state index in [0.29, 0.717) is 0 Å². The number of aliphatic carboxylic acids is 1. The van der Waals surface area contributed by atoms with Crippen LogP contribution < -0.4 is 0 Å². The molecule has 0 aromatic carbocycles. The van der Waals surface area contributed by atoms with E-state index in [-0.39, 0.29) is 6.04 Å². The normalized spacial score (nSPS) is 23.4. The molecule has 3 heteroatoms. The van der Waals surface area contributed by atoms with Gasteiger partial charge in [0.1, 0.15) is 6.04 Å². The van der Waals surface area contributed by atoms with Crippen LogP contribution in [0.3, 0.4) is 0 Å². The number of likely N-dealkylation sites (tertiary alicyclic amines) is 1. The molecule has 0 amide bonds. The molecule has 0 spiro atoms. The number of hydrogen-bond acceptors (Lipinski definition) is 2. The molecule has 3 nitrogen and oxygen atoms in total. The largest absolute Gasteiger partial charge is 0.480 e. The number of piperidine rings is 1. The predicted molar refractivity (Wildman–Crippen MR) is 56.3 cm³/mol. The zero-order valence-corrected chi connectivity index (χ0v) is 8.83. The Morgan fingerprint density at radius 1 is 1.57 bits per heavy atom. The minimum atomic E-state index is -0.686. The van der Waals surface area contributed by atoms with Crippen LogP contribution in [0.5, 0.6) is 0 Å². The summed E-state index contributed by atoms with van der Waals surface area (Å²) in [6.45, 7) is 7.63. The molecule has 1 fully saturated rings. The molecule has 14 heavy (non-hydrogen) atoms. The van der Waals surface area contributed by atoms with Crippen molar-refractivity contribution in [1.82, 2.24) is 4.90 Å². The first kappa shape index (κ1) is 11.2. The van der Waals surface area contributed by atoms with Crippen molar-refractivity contribution in [1.29, 1.82) is 0 Å². The summed E-state index contributed by atoms with van der Waals surface area (Å²) < 4.78 is 0. The Morgan fingerprint density at radius 3 is 2.86 bits per heavy atom. The number of carboxylic acids is 1. The Morgan fingerprint density at radius 2 is 2.29 bits per heavy atom. The third-order valence-corrected chi connectivity index (χ3v) is 2.83. The van der Waals surface area contributed by atoms with Gasteiger partial charge in [-0.2, -0.15) is 0 Å². The van der Waals surface area contributed by atoms with Crippen molar-refractivity contribution >= 4 is 5.97 Å². The zero-order valence-electron chi connectivity index (χ0n) is 8.83. The molecule has 1 rings (SSSR count). The molecule has 1 saturated heterocycles. The summed E-state index contributed by atoms with van der Waals surface area (Å²) in [5.74, 6) is -0.686. The van der Waals surface area contributed by atoms with Gasteiger partial charge in [0.05, 0.1) is 0 Å². The van der Waals surface area contributed by atoms with Crippen molar-refractivity contribution in [2.24, 2.45) is 0 Å². The van der Waals surface area contributed by atoms with Crippen LogP contribution in [0.2, 0.25) is 0 Å². The maximum atomic E-state index is 11.0. The Kier molecular flexibility index (Phi) is 4.14. The van der Waals surface area contributed by atoms with Crippen molar-refractivity contribution in [3.63, 3.8) is 0 Å². The predicted octanol–water partition coefficient (Wildman–Crippen LogP) is 1.89. The fourth-order valence-electron chi connectivity index (χ4n) is 1.86. The van der Waals surface area contributed by atoms with Gasteiger partial charge < -0.3 is 5.11 Å². The second-order valence-electron chi connectivity index (χ2n) is 3.92. The summed E-state index contributed by atoms with van der Waals surface area (Å²) in [5.41, 5.74) is 1.12. The summed E-state index contributed by atoms with van der Waals surface area (Å²) in [6, 6.07) is -0.285. The molecule has 0 radical (unpaired) electrons. The summed E-state index contributed by atoms with van der Waals surface area (Å²) >= 11 is 0. The lowest BCUT2D eigenvalue weighted by Gasteiger charge is -2.33. The highest BCUT2D eigenvalue weighted by atomic mass is 16.4. The minimum absolute atomic E-state index is 0.285. The van der Waals surface area contributed by atoms with Gasteiger partial charge in [-0.25, -0.2) is 0 Å². The molecular weight excluding hydrogens is 178 g/mol. The Bertz CT molecular complexity index is 225. The van der Waals surface area contributed by atoms with Gasteiger partial charge in [-0.3, -0.25) is 9.69 Å². The molecule has 0 aliphatic carbocycles. The Labute approximate surface area is 85.4 Å². The molecule has 0 aromatic rings. The number of hydrogen-bond donors (Lipinski definition) is 1. The van der Waals surface area contributed by atoms with E-state index in [9.17, 15) is 4.79 Å². The second kappa shape index (κ2) is 5.15. The molecule has 0 saturated carbocycles. The molecule has 1 unspecified atom stereocenters. The summed E-state index contributed by atoms with van der Waals surface area (Å²) in [6.07, 6.45) is 3.86. The van der Waals surface area contributed by atoms with Gasteiger partial charge >= 0.3 is 5.97 Å². The maximum absolute atomic E-state index is 11.0. The van der Waals surface area contributed by atoms with Crippen LogP contribution in [0.1, 0.15) is 32.6 Å². The zero-order chi connectivity index (χ0) is 10.6. The molecule has 1 aliphatic heterocycles. The number of rotatable bonds is 4. The quantitative estimate of drug-likeness (QED) is 0.700. The van der Waals surface area contributed by atoms with Gasteiger partial charge in [0.15, 0.2) is 0 Å². The van der Waals surface area contributed by atoms with E-state index in [2.05, 4.69) is 13.5 Å². The van der Waals surface area contributed by atoms with Crippen LogP contribution in [0.4, 0.5) is 0 Å². The fraction of sp³-hybridized carbons (Fsp3) is 0.727.